The highest BCUT2D eigenvalue weighted by molar-refractivity contribution is 5.28. The van der Waals surface area contributed by atoms with E-state index in [2.05, 4.69) is 40.7 Å². The van der Waals surface area contributed by atoms with Crippen LogP contribution in [-0.2, 0) is 18.9 Å². The van der Waals surface area contributed by atoms with Crippen molar-refractivity contribution in [2.75, 3.05) is 13.2 Å². The number of allylic oxidation sites excluding steroid dienone is 1. The average Bonchev–Trinajstić information content (AvgIpc) is 3.33. The lowest BCUT2D eigenvalue weighted by Crippen LogP contribution is -2.60. The summed E-state index contributed by atoms with van der Waals surface area (Å²) in [5.41, 5.74) is 1.95. The molecule has 0 amide bonds. The largest absolute Gasteiger partial charge is 0.394 e. The number of aliphatic hydroxyl groups excluding tert-OH is 4. The van der Waals surface area contributed by atoms with Gasteiger partial charge in [0.2, 0.25) is 0 Å². The molecule has 16 atom stereocenters. The van der Waals surface area contributed by atoms with Crippen molar-refractivity contribution < 1.29 is 39.4 Å². The zero-order valence-corrected chi connectivity index (χ0v) is 26.2. The lowest BCUT2D eigenvalue weighted by Gasteiger charge is -2.60. The van der Waals surface area contributed by atoms with Gasteiger partial charge in [0.15, 0.2) is 12.1 Å². The van der Waals surface area contributed by atoms with Gasteiger partial charge in [-0.1, -0.05) is 46.3 Å². The van der Waals surface area contributed by atoms with Crippen molar-refractivity contribution in [1.82, 2.24) is 0 Å². The van der Waals surface area contributed by atoms with Crippen LogP contribution in [0.5, 0.6) is 0 Å². The number of rotatable bonds is 3. The van der Waals surface area contributed by atoms with Gasteiger partial charge in [-0.15, -0.1) is 0 Å². The topological polar surface area (TPSA) is 118 Å². The third kappa shape index (κ3) is 4.01. The Morgan fingerprint density at radius 3 is 2.45 bits per heavy atom. The van der Waals surface area contributed by atoms with E-state index in [9.17, 15) is 20.4 Å². The first kappa shape index (κ1) is 30.1. The van der Waals surface area contributed by atoms with Gasteiger partial charge in [0.1, 0.15) is 24.4 Å². The molecule has 0 radical (unpaired) electrons. The van der Waals surface area contributed by atoms with Crippen LogP contribution in [0, 0.1) is 45.8 Å². The lowest BCUT2D eigenvalue weighted by molar-refractivity contribution is -0.313. The maximum absolute atomic E-state index is 10.5. The van der Waals surface area contributed by atoms with Gasteiger partial charge in [0.05, 0.1) is 25.4 Å². The first-order valence-corrected chi connectivity index (χ1v) is 16.8. The molecule has 14 unspecified atom stereocenters. The smallest absolute Gasteiger partial charge is 0.186 e. The van der Waals surface area contributed by atoms with Gasteiger partial charge >= 0.3 is 0 Å². The first-order chi connectivity index (χ1) is 19.9. The van der Waals surface area contributed by atoms with Crippen molar-refractivity contribution >= 4 is 0 Å². The summed E-state index contributed by atoms with van der Waals surface area (Å²) in [7, 11) is 0. The van der Waals surface area contributed by atoms with E-state index in [0.717, 1.165) is 45.1 Å². The summed E-state index contributed by atoms with van der Waals surface area (Å²) >= 11 is 0. The Balaban J connectivity index is 1.07. The number of fused-ring (bicyclic) bond motifs is 7. The second kappa shape index (κ2) is 10.2. The van der Waals surface area contributed by atoms with Crippen molar-refractivity contribution in [3.05, 3.63) is 11.6 Å². The van der Waals surface area contributed by atoms with Crippen molar-refractivity contribution in [2.45, 2.75) is 141 Å². The molecule has 4 N–H and O–H groups in total. The number of ether oxygens (including phenoxy) is 4. The number of hydrogen-bond donors (Lipinski definition) is 4. The molecule has 0 aromatic heterocycles. The molecule has 0 aromatic rings. The van der Waals surface area contributed by atoms with Crippen LogP contribution in [0.15, 0.2) is 11.6 Å². The normalized spacial score (nSPS) is 59.0. The second-order valence-corrected chi connectivity index (χ2v) is 16.0. The Labute approximate surface area is 251 Å². The number of hydrogen-bond acceptors (Lipinski definition) is 8. The maximum atomic E-state index is 10.5. The lowest BCUT2D eigenvalue weighted by atomic mass is 9.44. The fourth-order valence-corrected chi connectivity index (χ4v) is 11.4. The van der Waals surface area contributed by atoms with Crippen LogP contribution in [0.25, 0.3) is 0 Å². The molecule has 7 aliphatic rings. The van der Waals surface area contributed by atoms with Crippen molar-refractivity contribution in [3.8, 4) is 0 Å². The van der Waals surface area contributed by atoms with Gasteiger partial charge in [0.25, 0.3) is 0 Å². The molecule has 1 spiro atoms. The van der Waals surface area contributed by atoms with E-state index in [1.54, 1.807) is 0 Å². The van der Waals surface area contributed by atoms with Gasteiger partial charge in [-0.3, -0.25) is 0 Å². The van der Waals surface area contributed by atoms with Gasteiger partial charge in [0, 0.05) is 17.8 Å². The minimum Gasteiger partial charge on any atom is -0.394 e. The molecular weight excluding hydrogens is 536 g/mol. The van der Waals surface area contributed by atoms with Crippen molar-refractivity contribution in [3.63, 3.8) is 0 Å². The quantitative estimate of drug-likeness (QED) is 0.366. The van der Waals surface area contributed by atoms with Gasteiger partial charge in [-0.25, -0.2) is 0 Å². The van der Waals surface area contributed by atoms with E-state index in [4.69, 9.17) is 18.9 Å². The van der Waals surface area contributed by atoms with Crippen LogP contribution in [0.2, 0.25) is 0 Å². The molecule has 6 fully saturated rings. The third-order valence-electron chi connectivity index (χ3n) is 14.5. The van der Waals surface area contributed by atoms with E-state index in [1.807, 2.05) is 0 Å². The predicted molar refractivity (Wildman–Crippen MR) is 155 cm³/mol. The van der Waals surface area contributed by atoms with Crippen LogP contribution in [0.1, 0.15) is 92.4 Å². The van der Waals surface area contributed by atoms with E-state index >= 15 is 0 Å². The molecule has 7 rings (SSSR count). The molecule has 8 heteroatoms. The molecule has 8 nitrogen and oxygen atoms in total. The summed E-state index contributed by atoms with van der Waals surface area (Å²) in [6.07, 6.45) is 6.05. The molecule has 238 valence electrons. The highest BCUT2D eigenvalue weighted by Crippen LogP contribution is 2.75. The van der Waals surface area contributed by atoms with Gasteiger partial charge in [-0.05, 0) is 85.9 Å². The summed E-state index contributed by atoms with van der Waals surface area (Å²) in [4.78, 5) is 0. The van der Waals surface area contributed by atoms with E-state index in [-0.39, 0.29) is 28.5 Å². The molecule has 3 aliphatic heterocycles. The van der Waals surface area contributed by atoms with Crippen LogP contribution in [0.4, 0.5) is 0 Å². The Morgan fingerprint density at radius 1 is 0.952 bits per heavy atom. The van der Waals surface area contributed by atoms with Crippen LogP contribution in [0.3, 0.4) is 0 Å². The SMILES string of the molecule is C[C@@H]1CCC2(OC1)OC1CC3C4CC=C5CC(OC6OC(CO)C(O)C(O)C6O)CCC5(C)C4CCC3(C)C1(C)[C@@H]2C. The monoisotopic (exact) mass is 590 g/mol. The highest BCUT2D eigenvalue weighted by Gasteiger charge is 2.74. The Bertz CT molecular complexity index is 1070. The molecule has 0 bridgehead atoms. The Hall–Kier alpha value is -0.580. The Kier molecular flexibility index (Phi) is 7.32. The standard InChI is InChI=1S/C34H54O8/c1-18-8-13-34(39-17-18)19(2)33(5)26(42-34)15-24-22-7-6-20-14-21(9-11-31(20,3)23(22)10-12-32(24,33)4)40-30-29(38)28(37)27(36)25(16-35)41-30/h6,18-19,21-30,35-38H,7-17H2,1-5H3/t18-,19+,21?,22?,23?,24?,25?,26?,27?,28?,29?,30?,31?,32?,33?,34?/m1/s1. The zero-order valence-electron chi connectivity index (χ0n) is 26.2. The zero-order chi connectivity index (χ0) is 29.8. The summed E-state index contributed by atoms with van der Waals surface area (Å²) in [5, 5.41) is 40.5. The van der Waals surface area contributed by atoms with Crippen LogP contribution < -0.4 is 0 Å². The fraction of sp³-hybridized carbons (Fsp3) is 0.941. The maximum Gasteiger partial charge on any atom is 0.186 e. The fourth-order valence-electron chi connectivity index (χ4n) is 11.4. The molecular formula is C34H54O8. The number of aliphatic hydroxyl groups is 4. The van der Waals surface area contributed by atoms with E-state index < -0.39 is 43.1 Å². The minimum absolute atomic E-state index is 0.116. The minimum atomic E-state index is -1.41. The van der Waals surface area contributed by atoms with E-state index in [0.29, 0.717) is 29.6 Å². The highest BCUT2D eigenvalue weighted by atomic mass is 16.7. The van der Waals surface area contributed by atoms with Crippen LogP contribution >= 0.6 is 0 Å². The first-order valence-electron chi connectivity index (χ1n) is 16.8. The molecule has 3 saturated carbocycles. The van der Waals surface area contributed by atoms with Crippen molar-refractivity contribution in [1.29, 1.82) is 0 Å². The summed E-state index contributed by atoms with van der Waals surface area (Å²) in [5.74, 6) is 2.53. The average molecular weight is 591 g/mol. The second-order valence-electron chi connectivity index (χ2n) is 16.0. The summed E-state index contributed by atoms with van der Waals surface area (Å²) in [6, 6.07) is 0. The van der Waals surface area contributed by atoms with Crippen molar-refractivity contribution in [2.24, 2.45) is 45.8 Å². The van der Waals surface area contributed by atoms with Crippen LogP contribution in [-0.4, -0.2) is 82.3 Å². The predicted octanol–water partition coefficient (Wildman–Crippen LogP) is 3.93. The third-order valence-corrected chi connectivity index (χ3v) is 14.5. The summed E-state index contributed by atoms with van der Waals surface area (Å²) in [6.45, 7) is 12.7. The van der Waals surface area contributed by atoms with Gasteiger partial charge in [-0.2, -0.15) is 0 Å². The van der Waals surface area contributed by atoms with E-state index in [1.165, 1.54) is 24.8 Å². The summed E-state index contributed by atoms with van der Waals surface area (Å²) < 4.78 is 25.5. The molecule has 3 saturated heterocycles. The molecule has 42 heavy (non-hydrogen) atoms. The molecule has 3 heterocycles. The van der Waals surface area contributed by atoms with Gasteiger partial charge < -0.3 is 39.4 Å². The molecule has 0 aromatic carbocycles. The molecule has 4 aliphatic carbocycles. The Morgan fingerprint density at radius 2 is 1.74 bits per heavy atom.